The highest BCUT2D eigenvalue weighted by Crippen LogP contribution is 2.33. The first-order chi connectivity index (χ1) is 8.63. The molecular formula is C11H10ClNO5. The summed E-state index contributed by atoms with van der Waals surface area (Å²) < 4.78 is 10.2. The first-order valence-electron chi connectivity index (χ1n) is 4.83. The molecule has 0 aromatic heterocycles. The number of methoxy groups -OCH3 is 1. The predicted octanol–water partition coefficient (Wildman–Crippen LogP) is 2.55. The summed E-state index contributed by atoms with van der Waals surface area (Å²) in [6.45, 7) is 0.136. The molecule has 6 nitrogen and oxygen atoms in total. The molecule has 0 N–H and O–H groups in total. The van der Waals surface area contributed by atoms with Crippen LogP contribution in [0.5, 0.6) is 11.5 Å². The van der Waals surface area contributed by atoms with Gasteiger partial charge in [-0.1, -0.05) is 11.6 Å². The Morgan fingerprint density at radius 3 is 2.67 bits per heavy atom. The fourth-order valence-electron chi connectivity index (χ4n) is 1.26. The van der Waals surface area contributed by atoms with Crippen LogP contribution in [-0.2, 0) is 0 Å². The summed E-state index contributed by atoms with van der Waals surface area (Å²) in [5.41, 5.74) is 0.855. The molecule has 1 rings (SSSR count). The molecule has 0 saturated heterocycles. The molecule has 0 heterocycles. The topological polar surface area (TPSA) is 78.7 Å². The largest absolute Gasteiger partial charge is 0.493 e. The van der Waals surface area contributed by atoms with Crippen LogP contribution in [0.4, 0.5) is 5.69 Å². The fourth-order valence-corrected chi connectivity index (χ4v) is 1.34. The second-order valence-electron chi connectivity index (χ2n) is 3.11. The number of rotatable bonds is 6. The summed E-state index contributed by atoms with van der Waals surface area (Å²) in [6, 6.07) is 2.40. The van der Waals surface area contributed by atoms with Crippen molar-refractivity contribution in [3.8, 4) is 11.5 Å². The number of benzene rings is 1. The summed E-state index contributed by atoms with van der Waals surface area (Å²) in [4.78, 5) is 20.9. The molecule has 7 heteroatoms. The normalized spacial score (nSPS) is 10.3. The van der Waals surface area contributed by atoms with E-state index < -0.39 is 4.92 Å². The number of nitro groups is 1. The number of nitro benzene ring substituents is 1. The number of ether oxygens (including phenoxy) is 2. The Bertz CT molecular complexity index is 487. The van der Waals surface area contributed by atoms with Crippen LogP contribution in [-0.4, -0.2) is 24.9 Å². The van der Waals surface area contributed by atoms with Crippen molar-refractivity contribution in [2.75, 3.05) is 13.7 Å². The molecule has 0 spiro atoms. The number of aldehydes is 1. The lowest BCUT2D eigenvalue weighted by Crippen LogP contribution is -2.01. The Morgan fingerprint density at radius 2 is 2.17 bits per heavy atom. The average Bonchev–Trinajstić information content (AvgIpc) is 2.38. The number of hydrogen-bond donors (Lipinski definition) is 0. The third-order valence-corrected chi connectivity index (χ3v) is 2.24. The number of carbonyl (C=O) groups is 1. The zero-order valence-electron chi connectivity index (χ0n) is 9.46. The van der Waals surface area contributed by atoms with Gasteiger partial charge in [0.05, 0.1) is 23.7 Å². The molecule has 0 amide bonds. The SMILES string of the molecule is COc1cc(C=O)c([N+](=O)[O-])cc1OC/C=C/Cl. The zero-order valence-corrected chi connectivity index (χ0v) is 10.2. The molecule has 18 heavy (non-hydrogen) atoms. The maximum absolute atomic E-state index is 10.8. The van der Waals surface area contributed by atoms with E-state index >= 15 is 0 Å². The molecule has 0 aliphatic heterocycles. The minimum atomic E-state index is -0.659. The van der Waals surface area contributed by atoms with E-state index in [1.54, 1.807) is 0 Å². The third kappa shape index (κ3) is 3.21. The van der Waals surface area contributed by atoms with Crippen LogP contribution in [0.25, 0.3) is 0 Å². The van der Waals surface area contributed by atoms with Gasteiger partial charge in [-0.15, -0.1) is 0 Å². The first kappa shape index (κ1) is 14.0. The Morgan fingerprint density at radius 1 is 1.44 bits per heavy atom. The Balaban J connectivity index is 3.18. The van der Waals surface area contributed by atoms with Crippen LogP contribution in [0.3, 0.4) is 0 Å². The van der Waals surface area contributed by atoms with Crippen LogP contribution in [0.1, 0.15) is 10.4 Å². The van der Waals surface area contributed by atoms with Crippen molar-refractivity contribution in [1.29, 1.82) is 0 Å². The summed E-state index contributed by atoms with van der Waals surface area (Å²) in [6.07, 6.45) is 1.91. The van der Waals surface area contributed by atoms with Crippen LogP contribution in [0.2, 0.25) is 0 Å². The number of nitrogens with zero attached hydrogens (tertiary/aromatic N) is 1. The molecule has 0 bridgehead atoms. The standard InChI is InChI=1S/C11H10ClNO5/c1-17-10-5-8(7-14)9(13(15)16)6-11(10)18-4-2-3-12/h2-3,5-7H,4H2,1H3/b3-2+. The van der Waals surface area contributed by atoms with Crippen molar-refractivity contribution >= 4 is 23.6 Å². The molecular weight excluding hydrogens is 262 g/mol. The molecule has 0 atom stereocenters. The van der Waals surface area contributed by atoms with Gasteiger partial charge in [-0.2, -0.15) is 0 Å². The monoisotopic (exact) mass is 271 g/mol. The van der Waals surface area contributed by atoms with Crippen LogP contribution in [0, 0.1) is 10.1 Å². The van der Waals surface area contributed by atoms with E-state index in [1.807, 2.05) is 0 Å². The van der Waals surface area contributed by atoms with Crippen molar-refractivity contribution in [2.24, 2.45) is 0 Å². The van der Waals surface area contributed by atoms with Crippen LogP contribution < -0.4 is 9.47 Å². The molecule has 0 saturated carbocycles. The number of halogens is 1. The summed E-state index contributed by atoms with van der Waals surface area (Å²) in [5, 5.41) is 10.8. The molecule has 0 unspecified atom stereocenters. The van der Waals surface area contributed by atoms with Gasteiger partial charge in [0.1, 0.15) is 6.61 Å². The molecule has 1 aromatic rings. The van der Waals surface area contributed by atoms with Gasteiger partial charge in [-0.25, -0.2) is 0 Å². The summed E-state index contributed by atoms with van der Waals surface area (Å²) in [7, 11) is 1.37. The lowest BCUT2D eigenvalue weighted by molar-refractivity contribution is -0.385. The van der Waals surface area contributed by atoms with Crippen molar-refractivity contribution in [2.45, 2.75) is 0 Å². The van der Waals surface area contributed by atoms with E-state index in [-0.39, 0.29) is 29.4 Å². The highest BCUT2D eigenvalue weighted by atomic mass is 35.5. The smallest absolute Gasteiger partial charge is 0.283 e. The van der Waals surface area contributed by atoms with E-state index in [0.29, 0.717) is 6.29 Å². The highest BCUT2D eigenvalue weighted by molar-refractivity contribution is 6.25. The Hall–Kier alpha value is -2.08. The van der Waals surface area contributed by atoms with Gasteiger partial charge in [0.25, 0.3) is 5.69 Å². The van der Waals surface area contributed by atoms with Gasteiger partial charge in [0.2, 0.25) is 0 Å². The zero-order chi connectivity index (χ0) is 13.5. The van der Waals surface area contributed by atoms with Gasteiger partial charge in [0.15, 0.2) is 17.8 Å². The number of carbonyl (C=O) groups excluding carboxylic acids is 1. The van der Waals surface area contributed by atoms with Gasteiger partial charge >= 0.3 is 0 Å². The predicted molar refractivity (Wildman–Crippen MR) is 65.5 cm³/mol. The Kier molecular flexibility index (Phi) is 5.13. The van der Waals surface area contributed by atoms with Crippen molar-refractivity contribution in [3.63, 3.8) is 0 Å². The van der Waals surface area contributed by atoms with Crippen molar-refractivity contribution in [1.82, 2.24) is 0 Å². The second-order valence-corrected chi connectivity index (χ2v) is 3.36. The minimum Gasteiger partial charge on any atom is -0.493 e. The average molecular weight is 272 g/mol. The Labute approximate surface area is 108 Å². The second kappa shape index (κ2) is 6.61. The lowest BCUT2D eigenvalue weighted by atomic mass is 10.1. The summed E-state index contributed by atoms with van der Waals surface area (Å²) in [5.74, 6) is 0.412. The molecule has 0 fully saturated rings. The number of hydrogen-bond acceptors (Lipinski definition) is 5. The van der Waals surface area contributed by atoms with Gasteiger partial charge in [-0.05, 0) is 6.08 Å². The summed E-state index contributed by atoms with van der Waals surface area (Å²) >= 11 is 5.32. The molecule has 0 aliphatic rings. The highest BCUT2D eigenvalue weighted by Gasteiger charge is 2.19. The maximum atomic E-state index is 10.8. The van der Waals surface area contributed by atoms with E-state index in [4.69, 9.17) is 21.1 Å². The minimum absolute atomic E-state index is 0.0721. The maximum Gasteiger partial charge on any atom is 0.283 e. The van der Waals surface area contributed by atoms with Gasteiger partial charge < -0.3 is 9.47 Å². The molecule has 0 aliphatic carbocycles. The van der Waals surface area contributed by atoms with Crippen LogP contribution >= 0.6 is 11.6 Å². The van der Waals surface area contributed by atoms with E-state index in [1.165, 1.54) is 24.8 Å². The van der Waals surface area contributed by atoms with Crippen LogP contribution in [0.15, 0.2) is 23.7 Å². The first-order valence-corrected chi connectivity index (χ1v) is 5.27. The molecule has 96 valence electrons. The van der Waals surface area contributed by atoms with E-state index in [9.17, 15) is 14.9 Å². The fraction of sp³-hybridized carbons (Fsp3) is 0.182. The lowest BCUT2D eigenvalue weighted by Gasteiger charge is -2.09. The van der Waals surface area contributed by atoms with Crippen molar-refractivity contribution < 1.29 is 19.2 Å². The van der Waals surface area contributed by atoms with E-state index in [2.05, 4.69) is 0 Å². The molecule has 0 radical (unpaired) electrons. The third-order valence-electron chi connectivity index (χ3n) is 2.06. The van der Waals surface area contributed by atoms with E-state index in [0.717, 1.165) is 6.07 Å². The van der Waals surface area contributed by atoms with Gasteiger partial charge in [0, 0.05) is 11.6 Å². The van der Waals surface area contributed by atoms with Gasteiger partial charge in [-0.3, -0.25) is 14.9 Å². The molecule has 1 aromatic carbocycles. The van der Waals surface area contributed by atoms with Crippen molar-refractivity contribution in [3.05, 3.63) is 39.4 Å². The quantitative estimate of drug-likeness (QED) is 0.451.